The molecule has 0 unspecified atom stereocenters. The van der Waals surface area contributed by atoms with Crippen molar-refractivity contribution in [2.45, 2.75) is 5.02 Å². The van der Waals surface area contributed by atoms with Gasteiger partial charge in [-0.05, 0) is 28.1 Å². The molecule has 0 saturated carbocycles. The van der Waals surface area contributed by atoms with Gasteiger partial charge in [-0.25, -0.2) is 4.98 Å². The Kier molecular flexibility index (Phi) is 3.00. The standard InChI is InChI=1S/C6H3Br2F2NO/c7-5-2-1-4(3-11-5)12-6(8,9)10/h1-3H. The van der Waals surface area contributed by atoms with Gasteiger partial charge in [-0.2, -0.15) is 8.78 Å². The van der Waals surface area contributed by atoms with Crippen LogP contribution in [0.2, 0.25) is 0 Å². The van der Waals surface area contributed by atoms with Crippen LogP contribution in [-0.4, -0.2) is 10.0 Å². The molecule has 0 aliphatic heterocycles. The third kappa shape index (κ3) is 3.44. The van der Waals surface area contributed by atoms with Crippen molar-refractivity contribution in [3.05, 3.63) is 22.9 Å². The smallest absolute Gasteiger partial charge is 0.422 e. The summed E-state index contributed by atoms with van der Waals surface area (Å²) in [7, 11) is 0. The second-order valence-electron chi connectivity index (χ2n) is 1.86. The Hall–Kier alpha value is -0.230. The molecule has 0 radical (unpaired) electrons. The van der Waals surface area contributed by atoms with E-state index in [9.17, 15) is 8.78 Å². The van der Waals surface area contributed by atoms with Crippen molar-refractivity contribution in [2.75, 3.05) is 0 Å². The largest absolute Gasteiger partial charge is 0.459 e. The van der Waals surface area contributed by atoms with Gasteiger partial charge in [0, 0.05) is 15.9 Å². The van der Waals surface area contributed by atoms with E-state index < -0.39 is 5.02 Å². The first-order valence-electron chi connectivity index (χ1n) is 2.85. The molecular formula is C6H3Br2F2NO. The SMILES string of the molecule is FC(F)(Br)Oc1ccc(Br)nc1. The predicted molar refractivity (Wildman–Crippen MR) is 46.4 cm³/mol. The molecule has 0 bridgehead atoms. The molecule has 0 saturated heterocycles. The zero-order chi connectivity index (χ0) is 9.19. The van der Waals surface area contributed by atoms with E-state index in [0.717, 1.165) is 0 Å². The molecule has 2 nitrogen and oxygen atoms in total. The Morgan fingerprint density at radius 1 is 1.42 bits per heavy atom. The van der Waals surface area contributed by atoms with E-state index in [1.165, 1.54) is 18.3 Å². The fraction of sp³-hybridized carbons (Fsp3) is 0.167. The average molecular weight is 303 g/mol. The molecule has 12 heavy (non-hydrogen) atoms. The molecule has 1 aromatic rings. The molecule has 0 aromatic carbocycles. The van der Waals surface area contributed by atoms with Crippen LogP contribution in [0.1, 0.15) is 0 Å². The van der Waals surface area contributed by atoms with Crippen molar-refractivity contribution in [3.63, 3.8) is 0 Å². The summed E-state index contributed by atoms with van der Waals surface area (Å²) in [6, 6.07) is 2.89. The molecular weight excluding hydrogens is 300 g/mol. The molecule has 0 aliphatic rings. The fourth-order valence-corrected chi connectivity index (χ4v) is 0.978. The molecule has 0 atom stereocenters. The highest BCUT2D eigenvalue weighted by Crippen LogP contribution is 2.26. The number of alkyl halides is 3. The van der Waals surface area contributed by atoms with Gasteiger partial charge in [0.2, 0.25) is 0 Å². The number of pyridine rings is 1. The average Bonchev–Trinajstić information content (AvgIpc) is 1.91. The van der Waals surface area contributed by atoms with Crippen molar-refractivity contribution < 1.29 is 13.5 Å². The lowest BCUT2D eigenvalue weighted by Gasteiger charge is -2.09. The van der Waals surface area contributed by atoms with E-state index in [0.29, 0.717) is 4.60 Å². The molecule has 1 heterocycles. The normalized spacial score (nSPS) is 11.3. The number of nitrogens with zero attached hydrogens (tertiary/aromatic N) is 1. The summed E-state index contributed by atoms with van der Waals surface area (Å²) in [6.07, 6.45) is 1.19. The maximum absolute atomic E-state index is 12.2. The molecule has 0 aliphatic carbocycles. The summed E-state index contributed by atoms with van der Waals surface area (Å²) >= 11 is 5.10. The molecule has 0 fully saturated rings. The van der Waals surface area contributed by atoms with Crippen molar-refractivity contribution in [1.82, 2.24) is 4.98 Å². The van der Waals surface area contributed by atoms with Gasteiger partial charge in [0.15, 0.2) is 0 Å². The Balaban J connectivity index is 2.71. The van der Waals surface area contributed by atoms with Gasteiger partial charge in [-0.15, -0.1) is 0 Å². The minimum Gasteiger partial charge on any atom is -0.422 e. The van der Waals surface area contributed by atoms with Crippen LogP contribution in [0.3, 0.4) is 0 Å². The Morgan fingerprint density at radius 2 is 2.08 bits per heavy atom. The number of ether oxygens (including phenoxy) is 1. The first-order chi connectivity index (χ1) is 5.47. The monoisotopic (exact) mass is 301 g/mol. The first kappa shape index (κ1) is 9.85. The molecule has 0 spiro atoms. The van der Waals surface area contributed by atoms with Crippen LogP contribution in [0.15, 0.2) is 22.9 Å². The van der Waals surface area contributed by atoms with Crippen LogP contribution in [0.5, 0.6) is 5.75 Å². The summed E-state index contributed by atoms with van der Waals surface area (Å²) < 4.78 is 29.0. The molecule has 0 N–H and O–H groups in total. The maximum atomic E-state index is 12.2. The van der Waals surface area contributed by atoms with E-state index in [4.69, 9.17) is 0 Å². The Labute approximate surface area is 84.2 Å². The van der Waals surface area contributed by atoms with E-state index >= 15 is 0 Å². The highest BCUT2D eigenvalue weighted by atomic mass is 79.9. The lowest BCUT2D eigenvalue weighted by molar-refractivity contribution is -0.0805. The zero-order valence-corrected chi connectivity index (χ0v) is 8.77. The highest BCUT2D eigenvalue weighted by Gasteiger charge is 2.26. The van der Waals surface area contributed by atoms with Crippen LogP contribution in [0.4, 0.5) is 8.78 Å². The maximum Gasteiger partial charge on any atom is 0.459 e. The highest BCUT2D eigenvalue weighted by molar-refractivity contribution is 9.10. The summed E-state index contributed by atoms with van der Waals surface area (Å²) in [5.74, 6) is 0.0000694. The number of rotatable bonds is 2. The van der Waals surface area contributed by atoms with Crippen LogP contribution in [-0.2, 0) is 0 Å². The van der Waals surface area contributed by atoms with Gasteiger partial charge in [0.1, 0.15) is 10.4 Å². The fourth-order valence-electron chi connectivity index (χ4n) is 0.556. The van der Waals surface area contributed by atoms with Crippen molar-refractivity contribution in [3.8, 4) is 5.75 Å². The molecule has 1 rings (SSSR count). The Bertz CT molecular complexity index is 259. The minimum absolute atomic E-state index is 0.0000694. The summed E-state index contributed by atoms with van der Waals surface area (Å²) in [6.45, 7) is 0. The topological polar surface area (TPSA) is 22.1 Å². The van der Waals surface area contributed by atoms with Gasteiger partial charge >= 0.3 is 5.02 Å². The minimum atomic E-state index is -3.34. The van der Waals surface area contributed by atoms with Crippen molar-refractivity contribution >= 4 is 31.9 Å². The van der Waals surface area contributed by atoms with Crippen LogP contribution in [0, 0.1) is 0 Å². The number of hydrogen-bond acceptors (Lipinski definition) is 2. The summed E-state index contributed by atoms with van der Waals surface area (Å²) in [4.78, 5) is 3.70. The first-order valence-corrected chi connectivity index (χ1v) is 4.43. The van der Waals surface area contributed by atoms with E-state index in [2.05, 4.69) is 25.7 Å². The number of halogens is 4. The molecule has 0 amide bonds. The van der Waals surface area contributed by atoms with Gasteiger partial charge in [-0.3, -0.25) is 0 Å². The third-order valence-electron chi connectivity index (χ3n) is 0.934. The second-order valence-corrected chi connectivity index (χ2v) is 3.60. The zero-order valence-electron chi connectivity index (χ0n) is 5.60. The van der Waals surface area contributed by atoms with Gasteiger partial charge in [0.25, 0.3) is 0 Å². The summed E-state index contributed by atoms with van der Waals surface area (Å²) in [5, 5.41) is -3.34. The molecule has 6 heteroatoms. The lowest BCUT2D eigenvalue weighted by Crippen LogP contribution is -2.14. The lowest BCUT2D eigenvalue weighted by atomic mass is 10.5. The summed E-state index contributed by atoms with van der Waals surface area (Å²) in [5.41, 5.74) is 0. The predicted octanol–water partition coefficient (Wildman–Crippen LogP) is 3.17. The van der Waals surface area contributed by atoms with Gasteiger partial charge in [-0.1, -0.05) is 0 Å². The number of hydrogen-bond donors (Lipinski definition) is 0. The van der Waals surface area contributed by atoms with Crippen LogP contribution < -0.4 is 4.74 Å². The number of aromatic nitrogens is 1. The quantitative estimate of drug-likeness (QED) is 0.618. The second kappa shape index (κ2) is 3.66. The van der Waals surface area contributed by atoms with E-state index in [1.54, 1.807) is 0 Å². The van der Waals surface area contributed by atoms with Gasteiger partial charge in [0.05, 0.1) is 6.20 Å². The van der Waals surface area contributed by atoms with E-state index in [-0.39, 0.29) is 5.75 Å². The Morgan fingerprint density at radius 3 is 2.50 bits per heavy atom. The van der Waals surface area contributed by atoms with Crippen LogP contribution in [0.25, 0.3) is 0 Å². The van der Waals surface area contributed by atoms with E-state index in [1.807, 2.05) is 15.9 Å². The molecule has 66 valence electrons. The van der Waals surface area contributed by atoms with Gasteiger partial charge < -0.3 is 4.74 Å². The molecule has 1 aromatic heterocycles. The van der Waals surface area contributed by atoms with Crippen molar-refractivity contribution in [1.29, 1.82) is 0 Å². The van der Waals surface area contributed by atoms with Crippen LogP contribution >= 0.6 is 31.9 Å². The third-order valence-corrected chi connectivity index (χ3v) is 1.56. The van der Waals surface area contributed by atoms with Crippen molar-refractivity contribution in [2.24, 2.45) is 0 Å².